The van der Waals surface area contributed by atoms with Gasteiger partial charge in [0.1, 0.15) is 17.1 Å². The van der Waals surface area contributed by atoms with Crippen molar-refractivity contribution in [2.24, 2.45) is 0 Å². The van der Waals surface area contributed by atoms with Crippen molar-refractivity contribution in [3.05, 3.63) is 47.2 Å². The maximum atomic E-state index is 13.1. The van der Waals surface area contributed by atoms with E-state index in [0.29, 0.717) is 45.4 Å². The minimum absolute atomic E-state index is 0.0119. The molecule has 186 valence electrons. The van der Waals surface area contributed by atoms with Gasteiger partial charge in [-0.3, -0.25) is 9.48 Å². The van der Waals surface area contributed by atoms with Gasteiger partial charge in [-0.15, -0.1) is 0 Å². The van der Waals surface area contributed by atoms with Crippen molar-refractivity contribution >= 4 is 29.1 Å². The third-order valence-electron chi connectivity index (χ3n) is 6.30. The first kappa shape index (κ1) is 24.9. The minimum atomic E-state index is 0.0119. The number of hydrogen-bond donors (Lipinski definition) is 1. The molecule has 0 spiro atoms. The first-order valence-corrected chi connectivity index (χ1v) is 12.1. The SMILES string of the molecule is COc1cc(C(=O)N2CCC(N(C)C)CC2)ccc1Nc1ncc(Cl)c(-c2ccn(C(C)C)n2)n1. The highest BCUT2D eigenvalue weighted by molar-refractivity contribution is 6.32. The number of rotatable bonds is 7. The normalized spacial score (nSPS) is 14.6. The molecule has 0 bridgehead atoms. The first-order chi connectivity index (χ1) is 16.8. The summed E-state index contributed by atoms with van der Waals surface area (Å²) in [5.74, 6) is 0.896. The molecule has 1 saturated heterocycles. The molecule has 0 atom stereocenters. The Hall–Kier alpha value is -3.17. The van der Waals surface area contributed by atoms with Crippen LogP contribution in [0.4, 0.5) is 11.6 Å². The molecule has 1 aromatic carbocycles. The van der Waals surface area contributed by atoms with Gasteiger partial charge in [0.2, 0.25) is 5.95 Å². The van der Waals surface area contributed by atoms with Gasteiger partial charge < -0.3 is 19.9 Å². The van der Waals surface area contributed by atoms with Gasteiger partial charge in [-0.2, -0.15) is 5.10 Å². The number of hydrogen-bond acceptors (Lipinski definition) is 7. The third kappa shape index (κ3) is 5.57. The zero-order valence-electron chi connectivity index (χ0n) is 20.8. The number of aromatic nitrogens is 4. The summed E-state index contributed by atoms with van der Waals surface area (Å²) in [6.07, 6.45) is 5.39. The van der Waals surface area contributed by atoms with Crippen molar-refractivity contribution in [2.75, 3.05) is 39.6 Å². The van der Waals surface area contributed by atoms with Crippen LogP contribution >= 0.6 is 11.6 Å². The van der Waals surface area contributed by atoms with Crippen LogP contribution in [0.1, 0.15) is 43.1 Å². The summed E-state index contributed by atoms with van der Waals surface area (Å²) in [6.45, 7) is 5.60. The average Bonchev–Trinajstić information content (AvgIpc) is 3.35. The molecule has 3 heterocycles. The van der Waals surface area contributed by atoms with Gasteiger partial charge in [0.25, 0.3) is 5.91 Å². The Morgan fingerprint density at radius 1 is 1.23 bits per heavy atom. The zero-order valence-corrected chi connectivity index (χ0v) is 21.6. The number of nitrogens with zero attached hydrogens (tertiary/aromatic N) is 6. The van der Waals surface area contributed by atoms with E-state index in [-0.39, 0.29) is 11.9 Å². The Labute approximate surface area is 211 Å². The second kappa shape index (κ2) is 10.6. The molecule has 1 fully saturated rings. The number of methoxy groups -OCH3 is 1. The number of anilines is 2. The number of carbonyl (C=O) groups is 1. The van der Waals surface area contributed by atoms with E-state index < -0.39 is 0 Å². The summed E-state index contributed by atoms with van der Waals surface area (Å²) in [4.78, 5) is 26.1. The maximum Gasteiger partial charge on any atom is 0.253 e. The number of halogens is 1. The van der Waals surface area contributed by atoms with Crippen LogP contribution in [0.3, 0.4) is 0 Å². The fraction of sp³-hybridized carbons (Fsp3) is 0.440. The van der Waals surface area contributed by atoms with Crippen molar-refractivity contribution in [1.82, 2.24) is 29.5 Å². The van der Waals surface area contributed by atoms with Crippen molar-refractivity contribution in [3.63, 3.8) is 0 Å². The van der Waals surface area contributed by atoms with Gasteiger partial charge in [-0.05, 0) is 65.0 Å². The van der Waals surface area contributed by atoms with Crippen molar-refractivity contribution < 1.29 is 9.53 Å². The van der Waals surface area contributed by atoms with E-state index in [1.165, 1.54) is 0 Å². The van der Waals surface area contributed by atoms with E-state index in [1.807, 2.05) is 27.9 Å². The molecule has 0 aliphatic carbocycles. The maximum absolute atomic E-state index is 13.1. The number of nitrogens with one attached hydrogen (secondary N) is 1. The molecule has 10 heteroatoms. The Morgan fingerprint density at radius 3 is 2.60 bits per heavy atom. The van der Waals surface area contributed by atoms with Crippen LogP contribution in [0.15, 0.2) is 36.7 Å². The number of ether oxygens (including phenoxy) is 1. The van der Waals surface area contributed by atoms with Crippen LogP contribution in [0.5, 0.6) is 5.75 Å². The Kier molecular flexibility index (Phi) is 7.57. The summed E-state index contributed by atoms with van der Waals surface area (Å²) >= 11 is 6.37. The minimum Gasteiger partial charge on any atom is -0.495 e. The van der Waals surface area contributed by atoms with E-state index in [2.05, 4.69) is 53.2 Å². The molecule has 0 unspecified atom stereocenters. The summed E-state index contributed by atoms with van der Waals surface area (Å²) in [5.41, 5.74) is 2.44. The van der Waals surface area contributed by atoms with Crippen molar-refractivity contribution in [1.29, 1.82) is 0 Å². The fourth-order valence-electron chi connectivity index (χ4n) is 4.17. The predicted molar refractivity (Wildman–Crippen MR) is 138 cm³/mol. The molecule has 1 aliphatic heterocycles. The number of likely N-dealkylation sites (tertiary alicyclic amines) is 1. The molecule has 3 aromatic rings. The van der Waals surface area contributed by atoms with Crippen LogP contribution in [-0.4, -0.2) is 75.8 Å². The second-order valence-electron chi connectivity index (χ2n) is 9.19. The topological polar surface area (TPSA) is 88.4 Å². The molecule has 0 saturated carbocycles. The number of benzene rings is 1. The van der Waals surface area contributed by atoms with Gasteiger partial charge in [0, 0.05) is 36.9 Å². The second-order valence-corrected chi connectivity index (χ2v) is 9.60. The zero-order chi connectivity index (χ0) is 25.1. The summed E-state index contributed by atoms with van der Waals surface area (Å²) in [7, 11) is 5.75. The van der Waals surface area contributed by atoms with E-state index in [9.17, 15) is 4.79 Å². The van der Waals surface area contributed by atoms with E-state index in [1.54, 1.807) is 25.4 Å². The van der Waals surface area contributed by atoms with Crippen LogP contribution in [0, 0.1) is 0 Å². The average molecular weight is 498 g/mol. The lowest BCUT2D eigenvalue weighted by atomic mass is 10.0. The lowest BCUT2D eigenvalue weighted by Crippen LogP contribution is -2.44. The molecule has 1 amide bonds. The number of carbonyl (C=O) groups excluding carboxylic acids is 1. The monoisotopic (exact) mass is 497 g/mol. The number of amides is 1. The molecular formula is C25H32ClN7O2. The molecule has 2 aromatic heterocycles. The molecule has 0 radical (unpaired) electrons. The Balaban J connectivity index is 1.52. The van der Waals surface area contributed by atoms with Crippen LogP contribution in [0.25, 0.3) is 11.4 Å². The van der Waals surface area contributed by atoms with Crippen molar-refractivity contribution in [3.8, 4) is 17.1 Å². The Morgan fingerprint density at radius 2 is 1.97 bits per heavy atom. The highest BCUT2D eigenvalue weighted by atomic mass is 35.5. The lowest BCUT2D eigenvalue weighted by molar-refractivity contribution is 0.0663. The molecule has 1 N–H and O–H groups in total. The molecule has 9 nitrogen and oxygen atoms in total. The van der Waals surface area contributed by atoms with Gasteiger partial charge in [0.15, 0.2) is 0 Å². The summed E-state index contributed by atoms with van der Waals surface area (Å²) < 4.78 is 7.43. The fourth-order valence-corrected chi connectivity index (χ4v) is 4.36. The van der Waals surface area contributed by atoms with Gasteiger partial charge in [0.05, 0.1) is 24.0 Å². The highest BCUT2D eigenvalue weighted by Crippen LogP contribution is 2.31. The largest absolute Gasteiger partial charge is 0.495 e. The molecule has 4 rings (SSSR count). The summed E-state index contributed by atoms with van der Waals surface area (Å²) in [6, 6.07) is 7.98. The highest BCUT2D eigenvalue weighted by Gasteiger charge is 2.25. The van der Waals surface area contributed by atoms with Gasteiger partial charge in [-0.25, -0.2) is 9.97 Å². The van der Waals surface area contributed by atoms with Crippen LogP contribution < -0.4 is 10.1 Å². The third-order valence-corrected chi connectivity index (χ3v) is 6.58. The van der Waals surface area contributed by atoms with Crippen molar-refractivity contribution in [2.45, 2.75) is 38.8 Å². The lowest BCUT2D eigenvalue weighted by Gasteiger charge is -2.35. The quantitative estimate of drug-likeness (QED) is 0.514. The van der Waals surface area contributed by atoms with E-state index in [4.69, 9.17) is 16.3 Å². The predicted octanol–water partition coefficient (Wildman–Crippen LogP) is 4.49. The smallest absolute Gasteiger partial charge is 0.253 e. The first-order valence-electron chi connectivity index (χ1n) is 11.8. The Bertz CT molecular complexity index is 1190. The van der Waals surface area contributed by atoms with Gasteiger partial charge >= 0.3 is 0 Å². The summed E-state index contributed by atoms with van der Waals surface area (Å²) in [5, 5.41) is 8.15. The molecule has 35 heavy (non-hydrogen) atoms. The van der Waals surface area contributed by atoms with E-state index in [0.717, 1.165) is 25.9 Å². The van der Waals surface area contributed by atoms with Crippen LogP contribution in [0.2, 0.25) is 5.02 Å². The van der Waals surface area contributed by atoms with E-state index >= 15 is 0 Å². The molecular weight excluding hydrogens is 466 g/mol. The standard InChI is InChI=1S/C25H32ClN7O2/c1-16(2)33-13-10-21(30-33)23-19(26)15-27-25(29-23)28-20-7-6-17(14-22(20)35-5)24(34)32-11-8-18(9-12-32)31(3)4/h6-7,10,13-16,18H,8-9,11-12H2,1-5H3,(H,27,28,29). The number of piperidine rings is 1. The molecule has 1 aliphatic rings. The van der Waals surface area contributed by atoms with Gasteiger partial charge in [-0.1, -0.05) is 11.6 Å². The van der Waals surface area contributed by atoms with Crippen LogP contribution in [-0.2, 0) is 0 Å².